The molecule has 0 saturated carbocycles. The zero-order valence-electron chi connectivity index (χ0n) is 9.56. The van der Waals surface area contributed by atoms with E-state index in [0.717, 1.165) is 17.6 Å². The number of hydrogen-bond acceptors (Lipinski definition) is 3. The van der Waals surface area contributed by atoms with Crippen LogP contribution in [0.25, 0.3) is 0 Å². The lowest BCUT2D eigenvalue weighted by molar-refractivity contribution is -0.134. The number of rotatable bonds is 4. The summed E-state index contributed by atoms with van der Waals surface area (Å²) in [5, 5.41) is 9.54. The smallest absolute Gasteiger partial charge is 0.330 e. The number of esters is 1. The standard InChI is InChI=1S/C13H16O3/c1-10(9-13(15)16-2)7-8-11-5-3-4-6-12(11)14/h3-6,9,14H,7-8H2,1-2H3/b10-9-. The van der Waals surface area contributed by atoms with Gasteiger partial charge in [-0.2, -0.15) is 0 Å². The van der Waals surface area contributed by atoms with E-state index in [4.69, 9.17) is 0 Å². The van der Waals surface area contributed by atoms with Gasteiger partial charge in [-0.15, -0.1) is 0 Å². The largest absolute Gasteiger partial charge is 0.508 e. The topological polar surface area (TPSA) is 46.5 Å². The average molecular weight is 220 g/mol. The van der Waals surface area contributed by atoms with E-state index in [1.165, 1.54) is 13.2 Å². The third-order valence-corrected chi connectivity index (χ3v) is 2.35. The number of carbonyl (C=O) groups excluding carboxylic acids is 1. The molecule has 86 valence electrons. The molecule has 0 radical (unpaired) electrons. The quantitative estimate of drug-likeness (QED) is 0.626. The van der Waals surface area contributed by atoms with E-state index in [1.54, 1.807) is 12.1 Å². The monoisotopic (exact) mass is 220 g/mol. The summed E-state index contributed by atoms with van der Waals surface area (Å²) in [5.41, 5.74) is 1.83. The Kier molecular flexibility index (Phi) is 4.58. The first kappa shape index (κ1) is 12.3. The number of carbonyl (C=O) groups is 1. The number of aryl methyl sites for hydroxylation is 1. The van der Waals surface area contributed by atoms with Gasteiger partial charge in [0.2, 0.25) is 0 Å². The molecule has 1 aromatic rings. The second-order valence-corrected chi connectivity index (χ2v) is 3.64. The Hall–Kier alpha value is -1.77. The Morgan fingerprint density at radius 2 is 2.12 bits per heavy atom. The molecule has 3 nitrogen and oxygen atoms in total. The van der Waals surface area contributed by atoms with Crippen LogP contribution in [0, 0.1) is 0 Å². The summed E-state index contributed by atoms with van der Waals surface area (Å²) in [6, 6.07) is 7.21. The molecule has 0 fully saturated rings. The summed E-state index contributed by atoms with van der Waals surface area (Å²) in [6.45, 7) is 1.87. The molecule has 16 heavy (non-hydrogen) atoms. The van der Waals surface area contributed by atoms with Gasteiger partial charge in [-0.05, 0) is 31.4 Å². The molecule has 0 aliphatic carbocycles. The summed E-state index contributed by atoms with van der Waals surface area (Å²) >= 11 is 0. The zero-order valence-corrected chi connectivity index (χ0v) is 9.56. The van der Waals surface area contributed by atoms with E-state index in [2.05, 4.69) is 4.74 Å². The second-order valence-electron chi connectivity index (χ2n) is 3.64. The predicted molar refractivity (Wildman–Crippen MR) is 62.2 cm³/mol. The highest BCUT2D eigenvalue weighted by Gasteiger charge is 2.01. The van der Waals surface area contributed by atoms with Crippen molar-refractivity contribution in [1.29, 1.82) is 0 Å². The Balaban J connectivity index is 2.55. The van der Waals surface area contributed by atoms with Gasteiger partial charge in [0.15, 0.2) is 0 Å². The summed E-state index contributed by atoms with van der Waals surface area (Å²) < 4.78 is 4.53. The molecule has 0 heterocycles. The van der Waals surface area contributed by atoms with Crippen molar-refractivity contribution in [3.63, 3.8) is 0 Å². The first-order chi connectivity index (χ1) is 7.63. The molecule has 0 spiro atoms. The van der Waals surface area contributed by atoms with Crippen molar-refractivity contribution in [1.82, 2.24) is 0 Å². The van der Waals surface area contributed by atoms with E-state index in [0.29, 0.717) is 12.2 Å². The van der Waals surface area contributed by atoms with Crippen LogP contribution in [0.2, 0.25) is 0 Å². The number of allylic oxidation sites excluding steroid dienone is 1. The average Bonchev–Trinajstić information content (AvgIpc) is 2.28. The molecular weight excluding hydrogens is 204 g/mol. The maximum absolute atomic E-state index is 11.0. The van der Waals surface area contributed by atoms with Crippen LogP contribution in [0.15, 0.2) is 35.9 Å². The van der Waals surface area contributed by atoms with Gasteiger partial charge in [0.05, 0.1) is 7.11 Å². The lowest BCUT2D eigenvalue weighted by Crippen LogP contribution is -1.97. The summed E-state index contributed by atoms with van der Waals surface area (Å²) in [5.74, 6) is -0.0387. The molecule has 1 N–H and O–H groups in total. The van der Waals surface area contributed by atoms with Crippen LogP contribution in [0.4, 0.5) is 0 Å². The molecule has 0 aromatic heterocycles. The van der Waals surface area contributed by atoms with E-state index in [-0.39, 0.29) is 5.97 Å². The van der Waals surface area contributed by atoms with Gasteiger partial charge in [0.1, 0.15) is 5.75 Å². The van der Waals surface area contributed by atoms with Crippen molar-refractivity contribution >= 4 is 5.97 Å². The number of hydrogen-bond donors (Lipinski definition) is 1. The van der Waals surface area contributed by atoms with Gasteiger partial charge in [-0.1, -0.05) is 23.8 Å². The lowest BCUT2D eigenvalue weighted by atomic mass is 10.0. The third-order valence-electron chi connectivity index (χ3n) is 2.35. The fourth-order valence-corrected chi connectivity index (χ4v) is 1.39. The molecule has 1 rings (SSSR count). The number of phenols is 1. The van der Waals surface area contributed by atoms with Crippen LogP contribution in [0.1, 0.15) is 18.9 Å². The second kappa shape index (κ2) is 5.95. The van der Waals surface area contributed by atoms with Crippen molar-refractivity contribution in [3.05, 3.63) is 41.5 Å². The van der Waals surface area contributed by atoms with Gasteiger partial charge in [-0.25, -0.2) is 4.79 Å². The number of para-hydroxylation sites is 1. The minimum Gasteiger partial charge on any atom is -0.508 e. The third kappa shape index (κ3) is 3.77. The highest BCUT2D eigenvalue weighted by Crippen LogP contribution is 2.18. The Morgan fingerprint density at radius 3 is 2.75 bits per heavy atom. The minimum absolute atomic E-state index is 0.299. The van der Waals surface area contributed by atoms with Gasteiger partial charge in [0.25, 0.3) is 0 Å². The van der Waals surface area contributed by atoms with E-state index in [1.807, 2.05) is 19.1 Å². The molecule has 0 unspecified atom stereocenters. The molecule has 0 saturated heterocycles. The fourth-order valence-electron chi connectivity index (χ4n) is 1.39. The van der Waals surface area contributed by atoms with Crippen LogP contribution in [0.5, 0.6) is 5.75 Å². The number of benzene rings is 1. The van der Waals surface area contributed by atoms with Crippen molar-refractivity contribution in [2.75, 3.05) is 7.11 Å². The number of phenolic OH excluding ortho intramolecular Hbond substituents is 1. The van der Waals surface area contributed by atoms with Gasteiger partial charge in [0, 0.05) is 6.08 Å². The SMILES string of the molecule is COC(=O)/C=C(/C)CCc1ccccc1O. The van der Waals surface area contributed by atoms with Gasteiger partial charge < -0.3 is 9.84 Å². The minimum atomic E-state index is -0.338. The summed E-state index contributed by atoms with van der Waals surface area (Å²) in [4.78, 5) is 11.0. The first-order valence-corrected chi connectivity index (χ1v) is 5.15. The molecule has 0 atom stereocenters. The van der Waals surface area contributed by atoms with E-state index >= 15 is 0 Å². The molecule has 1 aromatic carbocycles. The van der Waals surface area contributed by atoms with Gasteiger partial charge in [-0.3, -0.25) is 0 Å². The summed E-state index contributed by atoms with van der Waals surface area (Å²) in [7, 11) is 1.36. The Labute approximate surface area is 95.4 Å². The van der Waals surface area contributed by atoms with Gasteiger partial charge >= 0.3 is 5.97 Å². The van der Waals surface area contributed by atoms with Crippen molar-refractivity contribution < 1.29 is 14.6 Å². The molecule has 0 amide bonds. The van der Waals surface area contributed by atoms with E-state index < -0.39 is 0 Å². The number of ether oxygens (including phenoxy) is 1. The predicted octanol–water partition coefficient (Wildman–Crippen LogP) is 2.44. The summed E-state index contributed by atoms with van der Waals surface area (Å²) in [6.07, 6.45) is 2.92. The van der Waals surface area contributed by atoms with Crippen LogP contribution in [0.3, 0.4) is 0 Å². The molecule has 0 bridgehead atoms. The maximum Gasteiger partial charge on any atom is 0.330 e. The molecule has 0 aliphatic heterocycles. The van der Waals surface area contributed by atoms with Crippen LogP contribution in [-0.2, 0) is 16.0 Å². The normalized spacial score (nSPS) is 11.2. The van der Waals surface area contributed by atoms with Crippen molar-refractivity contribution in [2.24, 2.45) is 0 Å². The zero-order chi connectivity index (χ0) is 12.0. The highest BCUT2D eigenvalue weighted by molar-refractivity contribution is 5.82. The maximum atomic E-state index is 11.0. The van der Waals surface area contributed by atoms with Crippen molar-refractivity contribution in [2.45, 2.75) is 19.8 Å². The molecule has 0 aliphatic rings. The Morgan fingerprint density at radius 1 is 1.44 bits per heavy atom. The Bertz CT molecular complexity index is 394. The highest BCUT2D eigenvalue weighted by atomic mass is 16.5. The first-order valence-electron chi connectivity index (χ1n) is 5.15. The molecule has 3 heteroatoms. The van der Waals surface area contributed by atoms with E-state index in [9.17, 15) is 9.90 Å². The van der Waals surface area contributed by atoms with Crippen LogP contribution >= 0.6 is 0 Å². The van der Waals surface area contributed by atoms with Crippen molar-refractivity contribution in [3.8, 4) is 5.75 Å². The number of methoxy groups -OCH3 is 1. The lowest BCUT2D eigenvalue weighted by Gasteiger charge is -2.04. The fraction of sp³-hybridized carbons (Fsp3) is 0.308. The van der Waals surface area contributed by atoms with Crippen LogP contribution in [-0.4, -0.2) is 18.2 Å². The number of aromatic hydroxyl groups is 1. The van der Waals surface area contributed by atoms with Crippen LogP contribution < -0.4 is 0 Å². The molecular formula is C13H16O3.